The van der Waals surface area contributed by atoms with E-state index in [9.17, 15) is 9.90 Å². The Morgan fingerprint density at radius 3 is 2.53 bits per heavy atom. The van der Waals surface area contributed by atoms with Crippen LogP contribution >= 0.6 is 11.6 Å². The summed E-state index contributed by atoms with van der Waals surface area (Å²) in [4.78, 5) is 15.1. The van der Waals surface area contributed by atoms with E-state index in [1.54, 1.807) is 12.1 Å². The lowest BCUT2D eigenvalue weighted by Gasteiger charge is -2.27. The number of carbonyl (C=O) groups is 1. The maximum Gasteiger partial charge on any atom is 0.257 e. The fourth-order valence-corrected chi connectivity index (χ4v) is 4.09. The molecule has 0 saturated heterocycles. The molecule has 5 nitrogen and oxygen atoms in total. The Balaban J connectivity index is 1.52. The number of hydrogen-bond donors (Lipinski definition) is 1. The minimum Gasteiger partial charge on any atom is -0.508 e. The molecule has 3 aromatic rings. The highest BCUT2D eigenvalue weighted by Crippen LogP contribution is 2.26. The summed E-state index contributed by atoms with van der Waals surface area (Å²) in [7, 11) is 0. The molecule has 0 fully saturated rings. The topological polar surface area (TPSA) is 58.4 Å². The van der Waals surface area contributed by atoms with Gasteiger partial charge in [0.2, 0.25) is 0 Å². The predicted molar refractivity (Wildman–Crippen MR) is 119 cm³/mol. The molecule has 30 heavy (non-hydrogen) atoms. The summed E-state index contributed by atoms with van der Waals surface area (Å²) in [6.07, 6.45) is 2.87. The molecule has 1 N–H and O–H groups in total. The molecule has 2 heterocycles. The smallest absolute Gasteiger partial charge is 0.257 e. The van der Waals surface area contributed by atoms with E-state index in [2.05, 4.69) is 11.2 Å². The largest absolute Gasteiger partial charge is 0.508 e. The van der Waals surface area contributed by atoms with Gasteiger partial charge in [0, 0.05) is 23.8 Å². The van der Waals surface area contributed by atoms with Gasteiger partial charge in [-0.2, -0.15) is 5.10 Å². The molecule has 4 rings (SSSR count). The quantitative estimate of drug-likeness (QED) is 0.655. The number of halogens is 1. The van der Waals surface area contributed by atoms with Crippen LogP contribution < -0.4 is 0 Å². The van der Waals surface area contributed by atoms with Gasteiger partial charge < -0.3 is 10.0 Å². The van der Waals surface area contributed by atoms with Gasteiger partial charge in [0.05, 0.1) is 17.8 Å². The average molecular weight is 422 g/mol. The van der Waals surface area contributed by atoms with Crippen molar-refractivity contribution >= 4 is 23.1 Å². The fraction of sp³-hybridized carbons (Fsp3) is 0.250. The Kier molecular flexibility index (Phi) is 5.64. The zero-order valence-corrected chi connectivity index (χ0v) is 17.9. The molecule has 154 valence electrons. The number of amides is 1. The maximum atomic E-state index is 13.2. The Bertz CT molecular complexity index is 1120. The lowest BCUT2D eigenvalue weighted by Crippen LogP contribution is -2.35. The minimum atomic E-state index is 0.0106. The van der Waals surface area contributed by atoms with Crippen molar-refractivity contribution in [1.29, 1.82) is 0 Å². The third kappa shape index (κ3) is 3.98. The van der Waals surface area contributed by atoms with Crippen molar-refractivity contribution in [3.63, 3.8) is 0 Å². The van der Waals surface area contributed by atoms with Gasteiger partial charge in [0.1, 0.15) is 5.75 Å². The first-order chi connectivity index (χ1) is 14.4. The number of benzene rings is 2. The molecule has 0 aliphatic carbocycles. The summed E-state index contributed by atoms with van der Waals surface area (Å²) in [5, 5.41) is 14.8. The van der Waals surface area contributed by atoms with Gasteiger partial charge in [-0.1, -0.05) is 48.0 Å². The van der Waals surface area contributed by atoms with Crippen molar-refractivity contribution in [2.45, 2.75) is 26.8 Å². The highest BCUT2D eigenvalue weighted by molar-refractivity contribution is 6.31. The van der Waals surface area contributed by atoms with Crippen LogP contribution in [-0.4, -0.2) is 38.8 Å². The van der Waals surface area contributed by atoms with Crippen LogP contribution in [-0.2, 0) is 6.54 Å². The van der Waals surface area contributed by atoms with Gasteiger partial charge in [-0.15, -0.1) is 0 Å². The number of carbonyl (C=O) groups excluding carboxylic acids is 1. The molecule has 0 unspecified atom stereocenters. The number of aromatic nitrogens is 2. The van der Waals surface area contributed by atoms with Crippen LogP contribution in [0.15, 0.2) is 54.6 Å². The minimum absolute atomic E-state index is 0.0106. The second-order valence-electron chi connectivity index (χ2n) is 7.57. The van der Waals surface area contributed by atoms with Crippen molar-refractivity contribution in [2.75, 3.05) is 13.1 Å². The van der Waals surface area contributed by atoms with Gasteiger partial charge in [-0.25, -0.2) is 0 Å². The van der Waals surface area contributed by atoms with Crippen molar-refractivity contribution in [1.82, 2.24) is 14.7 Å². The standard InChI is InChI=1S/C24H24ClN3O2/c1-16-23(17(2)28(26-16)15-20-5-3-4-6-22(20)25)24(30)27-13-11-19(12-14-27)18-7-9-21(29)10-8-18/h3-11,29H,12-15H2,1-2H3. The summed E-state index contributed by atoms with van der Waals surface area (Å²) in [5.41, 5.74) is 5.51. The van der Waals surface area contributed by atoms with E-state index >= 15 is 0 Å². The van der Waals surface area contributed by atoms with Gasteiger partial charge >= 0.3 is 0 Å². The molecule has 0 spiro atoms. The number of phenols is 1. The number of aryl methyl sites for hydroxylation is 1. The third-order valence-corrected chi connectivity index (χ3v) is 5.98. The zero-order valence-electron chi connectivity index (χ0n) is 17.1. The maximum absolute atomic E-state index is 13.2. The van der Waals surface area contributed by atoms with Crippen molar-refractivity contribution in [3.05, 3.63) is 87.7 Å². The molecule has 0 radical (unpaired) electrons. The Morgan fingerprint density at radius 2 is 1.87 bits per heavy atom. The van der Waals surface area contributed by atoms with Gasteiger partial charge in [0.25, 0.3) is 5.91 Å². The van der Waals surface area contributed by atoms with E-state index in [0.29, 0.717) is 30.2 Å². The monoisotopic (exact) mass is 421 g/mol. The Hall–Kier alpha value is -3.05. The SMILES string of the molecule is Cc1nn(Cc2ccccc2Cl)c(C)c1C(=O)N1CC=C(c2ccc(O)cc2)CC1. The van der Waals surface area contributed by atoms with Crippen LogP contribution in [0.3, 0.4) is 0 Å². The number of hydrogen-bond acceptors (Lipinski definition) is 3. The second-order valence-corrected chi connectivity index (χ2v) is 7.98. The lowest BCUT2D eigenvalue weighted by molar-refractivity contribution is 0.0771. The molecule has 2 aromatic carbocycles. The van der Waals surface area contributed by atoms with Gasteiger partial charge in [0.15, 0.2) is 0 Å². The van der Waals surface area contributed by atoms with E-state index in [1.807, 2.05) is 59.8 Å². The fourth-order valence-electron chi connectivity index (χ4n) is 3.90. The summed E-state index contributed by atoms with van der Waals surface area (Å²) >= 11 is 6.29. The molecule has 0 saturated carbocycles. The number of aromatic hydroxyl groups is 1. The van der Waals surface area contributed by atoms with Gasteiger partial charge in [-0.05, 0) is 55.2 Å². The van der Waals surface area contributed by atoms with Crippen LogP contribution in [0.5, 0.6) is 5.75 Å². The van der Waals surface area contributed by atoms with Crippen LogP contribution in [0.25, 0.3) is 5.57 Å². The number of phenolic OH excluding ortho intramolecular Hbond substituents is 1. The Labute approximate surface area is 181 Å². The average Bonchev–Trinajstić information content (AvgIpc) is 3.03. The third-order valence-electron chi connectivity index (χ3n) is 5.61. The van der Waals surface area contributed by atoms with Gasteiger partial charge in [-0.3, -0.25) is 9.48 Å². The second kappa shape index (κ2) is 8.36. The molecular weight excluding hydrogens is 398 g/mol. The summed E-state index contributed by atoms with van der Waals surface area (Å²) in [6, 6.07) is 14.9. The van der Waals surface area contributed by atoms with E-state index < -0.39 is 0 Å². The summed E-state index contributed by atoms with van der Waals surface area (Å²) in [5.74, 6) is 0.267. The van der Waals surface area contributed by atoms with E-state index in [1.165, 1.54) is 5.57 Å². The van der Waals surface area contributed by atoms with Crippen molar-refractivity contribution in [2.24, 2.45) is 0 Å². The number of rotatable bonds is 4. The normalized spacial score (nSPS) is 14.0. The molecule has 1 amide bonds. The molecule has 1 aromatic heterocycles. The zero-order chi connectivity index (χ0) is 21.3. The predicted octanol–water partition coefficient (Wildman–Crippen LogP) is 4.84. The van der Waals surface area contributed by atoms with Crippen LogP contribution in [0, 0.1) is 13.8 Å². The van der Waals surface area contributed by atoms with E-state index in [-0.39, 0.29) is 11.7 Å². The van der Waals surface area contributed by atoms with Crippen LogP contribution in [0.2, 0.25) is 5.02 Å². The van der Waals surface area contributed by atoms with E-state index in [0.717, 1.165) is 28.9 Å². The highest BCUT2D eigenvalue weighted by Gasteiger charge is 2.25. The lowest BCUT2D eigenvalue weighted by atomic mass is 9.99. The molecule has 1 aliphatic heterocycles. The van der Waals surface area contributed by atoms with Crippen LogP contribution in [0.4, 0.5) is 0 Å². The first-order valence-electron chi connectivity index (χ1n) is 9.99. The summed E-state index contributed by atoms with van der Waals surface area (Å²) in [6.45, 7) is 5.56. The summed E-state index contributed by atoms with van der Waals surface area (Å²) < 4.78 is 1.85. The first kappa shape index (κ1) is 20.2. The van der Waals surface area contributed by atoms with Crippen LogP contribution in [0.1, 0.15) is 39.3 Å². The molecule has 0 bridgehead atoms. The molecule has 1 aliphatic rings. The van der Waals surface area contributed by atoms with Crippen molar-refractivity contribution in [3.8, 4) is 5.75 Å². The van der Waals surface area contributed by atoms with Crippen molar-refractivity contribution < 1.29 is 9.90 Å². The Morgan fingerprint density at radius 1 is 1.13 bits per heavy atom. The number of nitrogens with zero attached hydrogens (tertiary/aromatic N) is 3. The molecular formula is C24H24ClN3O2. The molecule has 6 heteroatoms. The van der Waals surface area contributed by atoms with E-state index in [4.69, 9.17) is 11.6 Å². The highest BCUT2D eigenvalue weighted by atomic mass is 35.5. The molecule has 0 atom stereocenters. The first-order valence-corrected chi connectivity index (χ1v) is 10.4.